The molecule has 0 atom stereocenters. The van der Waals surface area contributed by atoms with Crippen LogP contribution in [0.1, 0.15) is 10.4 Å². The van der Waals surface area contributed by atoms with Crippen molar-refractivity contribution in [2.75, 3.05) is 6.54 Å². The number of rotatable bonds is 2. The molecule has 0 radical (unpaired) electrons. The summed E-state index contributed by atoms with van der Waals surface area (Å²) in [6.07, 6.45) is 0. The molecule has 0 saturated heterocycles. The number of hydrazine groups is 1. The molecule has 0 heterocycles. The van der Waals surface area contributed by atoms with Gasteiger partial charge in [0.25, 0.3) is 11.8 Å². The van der Waals surface area contributed by atoms with E-state index in [-0.39, 0.29) is 6.54 Å². The second-order valence-electron chi connectivity index (χ2n) is 2.72. The average molecular weight is 228 g/mol. The number of carbonyl (C=O) groups is 2. The van der Waals surface area contributed by atoms with E-state index >= 15 is 0 Å². The van der Waals surface area contributed by atoms with Crippen molar-refractivity contribution in [3.8, 4) is 0 Å². The lowest BCUT2D eigenvalue weighted by Crippen LogP contribution is -2.44. The van der Waals surface area contributed by atoms with E-state index in [0.717, 1.165) is 0 Å². The maximum atomic E-state index is 11.4. The summed E-state index contributed by atoms with van der Waals surface area (Å²) in [5.41, 5.74) is 9.74. The fourth-order valence-corrected chi connectivity index (χ4v) is 1.07. The molecule has 5 nitrogen and oxygen atoms in total. The number of benzene rings is 1. The summed E-state index contributed by atoms with van der Waals surface area (Å²) in [4.78, 5) is 22.1. The van der Waals surface area contributed by atoms with E-state index in [4.69, 9.17) is 17.3 Å². The summed E-state index contributed by atoms with van der Waals surface area (Å²) in [6.45, 7) is -0.185. The Balaban J connectivity index is 2.58. The van der Waals surface area contributed by atoms with Crippen LogP contribution in [0.4, 0.5) is 0 Å². The average Bonchev–Trinajstić information content (AvgIpc) is 2.25. The highest BCUT2D eigenvalue weighted by molar-refractivity contribution is 6.30. The van der Waals surface area contributed by atoms with Crippen molar-refractivity contribution in [1.82, 2.24) is 10.9 Å². The van der Waals surface area contributed by atoms with E-state index in [0.29, 0.717) is 10.6 Å². The first-order valence-corrected chi connectivity index (χ1v) is 4.56. The first-order valence-electron chi connectivity index (χ1n) is 4.18. The van der Waals surface area contributed by atoms with Crippen molar-refractivity contribution in [1.29, 1.82) is 0 Å². The largest absolute Gasteiger partial charge is 0.322 e. The normalized spacial score (nSPS) is 9.47. The van der Waals surface area contributed by atoms with Crippen LogP contribution in [0.2, 0.25) is 5.02 Å². The number of halogens is 1. The van der Waals surface area contributed by atoms with Crippen molar-refractivity contribution in [2.24, 2.45) is 5.73 Å². The van der Waals surface area contributed by atoms with Gasteiger partial charge >= 0.3 is 0 Å². The highest BCUT2D eigenvalue weighted by atomic mass is 35.5. The number of hydrogen-bond acceptors (Lipinski definition) is 3. The molecular formula is C9H10ClN3O2. The van der Waals surface area contributed by atoms with Crippen molar-refractivity contribution in [3.05, 3.63) is 34.9 Å². The Morgan fingerprint density at radius 3 is 2.67 bits per heavy atom. The molecule has 0 unspecified atom stereocenters. The number of nitrogens with two attached hydrogens (primary N) is 1. The molecule has 0 aliphatic heterocycles. The van der Waals surface area contributed by atoms with E-state index < -0.39 is 11.8 Å². The van der Waals surface area contributed by atoms with Crippen LogP contribution < -0.4 is 16.6 Å². The zero-order chi connectivity index (χ0) is 11.3. The van der Waals surface area contributed by atoms with Gasteiger partial charge in [-0.15, -0.1) is 0 Å². The van der Waals surface area contributed by atoms with Gasteiger partial charge in [-0.2, -0.15) is 0 Å². The minimum atomic E-state index is -0.467. The van der Waals surface area contributed by atoms with Crippen LogP contribution in [0.25, 0.3) is 0 Å². The quantitative estimate of drug-likeness (QED) is 0.625. The molecule has 15 heavy (non-hydrogen) atoms. The molecule has 1 aromatic rings. The second-order valence-corrected chi connectivity index (χ2v) is 3.15. The van der Waals surface area contributed by atoms with Gasteiger partial charge in [0.15, 0.2) is 0 Å². The summed E-state index contributed by atoms with van der Waals surface area (Å²) >= 11 is 5.69. The molecule has 4 N–H and O–H groups in total. The van der Waals surface area contributed by atoms with Crippen LogP contribution in [0.5, 0.6) is 0 Å². The summed E-state index contributed by atoms with van der Waals surface area (Å²) < 4.78 is 0. The SMILES string of the molecule is NCC(=O)NNC(=O)c1cccc(Cl)c1. The minimum Gasteiger partial charge on any atom is -0.322 e. The lowest BCUT2D eigenvalue weighted by Gasteiger charge is -2.05. The van der Waals surface area contributed by atoms with E-state index in [9.17, 15) is 9.59 Å². The van der Waals surface area contributed by atoms with Gasteiger partial charge in [0, 0.05) is 10.6 Å². The third-order valence-corrected chi connectivity index (χ3v) is 1.82. The monoisotopic (exact) mass is 227 g/mol. The number of carbonyl (C=O) groups excluding carboxylic acids is 2. The molecule has 0 aliphatic carbocycles. The fourth-order valence-electron chi connectivity index (χ4n) is 0.879. The molecule has 0 bridgehead atoms. The van der Waals surface area contributed by atoms with Crippen LogP contribution in [0, 0.1) is 0 Å². The smallest absolute Gasteiger partial charge is 0.269 e. The second kappa shape index (κ2) is 5.33. The Bertz CT molecular complexity index is 381. The highest BCUT2D eigenvalue weighted by Gasteiger charge is 2.06. The summed E-state index contributed by atoms with van der Waals surface area (Å²) in [5, 5.41) is 0.452. The molecule has 80 valence electrons. The number of hydrogen-bond donors (Lipinski definition) is 3. The van der Waals surface area contributed by atoms with Gasteiger partial charge in [-0.25, -0.2) is 0 Å². The van der Waals surface area contributed by atoms with Gasteiger partial charge in [-0.3, -0.25) is 20.4 Å². The first kappa shape index (κ1) is 11.5. The summed E-state index contributed by atoms with van der Waals surface area (Å²) in [5.74, 6) is -0.912. The van der Waals surface area contributed by atoms with Gasteiger partial charge in [-0.05, 0) is 18.2 Å². The standard InChI is InChI=1S/C9H10ClN3O2/c10-7-3-1-2-6(4-7)9(15)13-12-8(14)5-11/h1-4H,5,11H2,(H,12,14)(H,13,15). The predicted molar refractivity (Wildman–Crippen MR) is 56.1 cm³/mol. The lowest BCUT2D eigenvalue weighted by atomic mass is 10.2. The Hall–Kier alpha value is -1.59. The van der Waals surface area contributed by atoms with Crippen molar-refractivity contribution in [2.45, 2.75) is 0 Å². The molecule has 6 heteroatoms. The van der Waals surface area contributed by atoms with Gasteiger partial charge in [0.1, 0.15) is 0 Å². The molecule has 2 amide bonds. The number of nitrogens with one attached hydrogen (secondary N) is 2. The minimum absolute atomic E-state index is 0.185. The van der Waals surface area contributed by atoms with Crippen molar-refractivity contribution >= 4 is 23.4 Å². The van der Waals surface area contributed by atoms with E-state index in [1.165, 1.54) is 6.07 Å². The Morgan fingerprint density at radius 2 is 2.07 bits per heavy atom. The Kier molecular flexibility index (Phi) is 4.08. The molecule has 0 spiro atoms. The van der Waals surface area contributed by atoms with Gasteiger partial charge in [0.05, 0.1) is 6.54 Å². The van der Waals surface area contributed by atoms with Gasteiger partial charge < -0.3 is 5.73 Å². The third-order valence-electron chi connectivity index (χ3n) is 1.59. The lowest BCUT2D eigenvalue weighted by molar-refractivity contribution is -0.120. The molecular weight excluding hydrogens is 218 g/mol. The highest BCUT2D eigenvalue weighted by Crippen LogP contribution is 2.09. The first-order chi connectivity index (χ1) is 7.13. The fraction of sp³-hybridized carbons (Fsp3) is 0.111. The van der Waals surface area contributed by atoms with E-state index in [1.54, 1.807) is 18.2 Å². The molecule has 1 aromatic carbocycles. The molecule has 1 rings (SSSR count). The molecule has 0 fully saturated rings. The Labute approximate surface area is 91.6 Å². The number of amides is 2. The molecule has 0 saturated carbocycles. The van der Waals surface area contributed by atoms with Crippen LogP contribution in [-0.4, -0.2) is 18.4 Å². The van der Waals surface area contributed by atoms with Crippen LogP contribution in [-0.2, 0) is 4.79 Å². The Morgan fingerprint density at radius 1 is 1.33 bits per heavy atom. The van der Waals surface area contributed by atoms with E-state index in [1.807, 2.05) is 0 Å². The zero-order valence-corrected chi connectivity index (χ0v) is 8.54. The summed E-state index contributed by atoms with van der Waals surface area (Å²) in [6, 6.07) is 6.36. The van der Waals surface area contributed by atoms with Crippen molar-refractivity contribution in [3.63, 3.8) is 0 Å². The van der Waals surface area contributed by atoms with Crippen LogP contribution in [0.15, 0.2) is 24.3 Å². The maximum Gasteiger partial charge on any atom is 0.269 e. The van der Waals surface area contributed by atoms with Gasteiger partial charge in [-0.1, -0.05) is 17.7 Å². The molecule has 0 aliphatic rings. The predicted octanol–water partition coefficient (Wildman–Crippen LogP) is 0.0597. The molecule has 0 aromatic heterocycles. The van der Waals surface area contributed by atoms with Crippen LogP contribution in [0.3, 0.4) is 0 Å². The van der Waals surface area contributed by atoms with Crippen LogP contribution >= 0.6 is 11.6 Å². The third kappa shape index (κ3) is 3.57. The maximum absolute atomic E-state index is 11.4. The van der Waals surface area contributed by atoms with Gasteiger partial charge in [0.2, 0.25) is 0 Å². The zero-order valence-electron chi connectivity index (χ0n) is 7.79. The topological polar surface area (TPSA) is 84.2 Å². The van der Waals surface area contributed by atoms with Crippen molar-refractivity contribution < 1.29 is 9.59 Å². The summed E-state index contributed by atoms with van der Waals surface area (Å²) in [7, 11) is 0. The van der Waals surface area contributed by atoms with E-state index in [2.05, 4.69) is 10.9 Å².